The van der Waals surface area contributed by atoms with Crippen molar-refractivity contribution in [2.24, 2.45) is 0 Å². The molecule has 3 nitrogen and oxygen atoms in total. The molecule has 0 radical (unpaired) electrons. The zero-order chi connectivity index (χ0) is 14.1. The number of benzene rings is 1. The zero-order valence-electron chi connectivity index (χ0n) is 11.2. The summed E-state index contributed by atoms with van der Waals surface area (Å²) in [5.41, 5.74) is 2.16. The minimum absolute atomic E-state index is 0.504. The van der Waals surface area contributed by atoms with Gasteiger partial charge in [-0.1, -0.05) is 35.1 Å². The number of carbonyl (C=O) groups excluding carboxylic acids is 1. The van der Waals surface area contributed by atoms with Crippen LogP contribution in [0.3, 0.4) is 0 Å². The first-order valence-corrected chi connectivity index (χ1v) is 7.78. The quantitative estimate of drug-likeness (QED) is 0.779. The van der Waals surface area contributed by atoms with Gasteiger partial charge in [-0.2, -0.15) is 0 Å². The van der Waals surface area contributed by atoms with Crippen molar-refractivity contribution in [2.45, 2.75) is 25.3 Å². The lowest BCUT2D eigenvalue weighted by Gasteiger charge is -2.15. The first kappa shape index (κ1) is 13.6. The van der Waals surface area contributed by atoms with Gasteiger partial charge in [-0.05, 0) is 30.5 Å². The normalized spacial score (nSPS) is 14.3. The van der Waals surface area contributed by atoms with Crippen LogP contribution in [0, 0.1) is 0 Å². The number of aromatic nitrogens is 1. The van der Waals surface area contributed by atoms with E-state index in [4.69, 9.17) is 11.6 Å². The number of thiazole rings is 1. The molecule has 1 fully saturated rings. The molecule has 1 saturated carbocycles. The van der Waals surface area contributed by atoms with E-state index in [1.54, 1.807) is 0 Å². The van der Waals surface area contributed by atoms with Crippen LogP contribution in [0.1, 0.15) is 39.7 Å². The maximum absolute atomic E-state index is 11.1. The van der Waals surface area contributed by atoms with Gasteiger partial charge in [-0.15, -0.1) is 0 Å². The smallest absolute Gasteiger partial charge is 0.186 e. The Morgan fingerprint density at radius 1 is 1.40 bits per heavy atom. The highest BCUT2D eigenvalue weighted by molar-refractivity contribution is 7.17. The number of hydrogen-bond acceptors (Lipinski definition) is 4. The van der Waals surface area contributed by atoms with Crippen molar-refractivity contribution in [3.63, 3.8) is 0 Å². The van der Waals surface area contributed by atoms with Crippen molar-refractivity contribution in [2.75, 3.05) is 11.9 Å². The summed E-state index contributed by atoms with van der Waals surface area (Å²) in [4.78, 5) is 18.6. The highest BCUT2D eigenvalue weighted by Gasteiger charge is 2.30. The van der Waals surface area contributed by atoms with E-state index >= 15 is 0 Å². The van der Waals surface area contributed by atoms with Crippen LogP contribution in [0.25, 0.3) is 0 Å². The molecule has 0 spiro atoms. The van der Waals surface area contributed by atoms with E-state index in [0.29, 0.717) is 5.92 Å². The molecule has 0 saturated heterocycles. The topological polar surface area (TPSA) is 33.2 Å². The van der Waals surface area contributed by atoms with Crippen LogP contribution in [-0.2, 0) is 6.54 Å². The second-order valence-corrected chi connectivity index (χ2v) is 6.57. The van der Waals surface area contributed by atoms with Gasteiger partial charge in [0.15, 0.2) is 11.4 Å². The number of rotatable bonds is 5. The van der Waals surface area contributed by atoms with Gasteiger partial charge in [0.2, 0.25) is 0 Å². The van der Waals surface area contributed by atoms with Gasteiger partial charge >= 0.3 is 0 Å². The van der Waals surface area contributed by atoms with Gasteiger partial charge in [0.25, 0.3) is 0 Å². The summed E-state index contributed by atoms with van der Waals surface area (Å²) in [6, 6.07) is 7.79. The van der Waals surface area contributed by atoms with Gasteiger partial charge in [-0.25, -0.2) is 4.98 Å². The molecule has 0 bridgehead atoms. The molecule has 0 unspecified atom stereocenters. The molecule has 1 aromatic heterocycles. The molecule has 3 rings (SSSR count). The number of anilines is 1. The highest BCUT2D eigenvalue weighted by Crippen LogP contribution is 2.43. The molecule has 1 aliphatic carbocycles. The third-order valence-electron chi connectivity index (χ3n) is 3.40. The molecule has 20 heavy (non-hydrogen) atoms. The lowest BCUT2D eigenvalue weighted by molar-refractivity contribution is 0.112. The van der Waals surface area contributed by atoms with Crippen molar-refractivity contribution in [1.82, 2.24) is 4.98 Å². The van der Waals surface area contributed by atoms with Crippen molar-refractivity contribution in [3.05, 3.63) is 45.4 Å². The average Bonchev–Trinajstić information content (AvgIpc) is 3.20. The van der Waals surface area contributed by atoms with Gasteiger partial charge < -0.3 is 4.90 Å². The molecule has 104 valence electrons. The maximum Gasteiger partial charge on any atom is 0.186 e. The minimum atomic E-state index is 0.504. The van der Waals surface area contributed by atoms with Gasteiger partial charge in [0.1, 0.15) is 0 Å². The van der Waals surface area contributed by atoms with Gasteiger partial charge in [-0.3, -0.25) is 4.79 Å². The molecule has 0 N–H and O–H groups in total. The monoisotopic (exact) mass is 306 g/mol. The molecule has 1 heterocycles. The predicted octanol–water partition coefficient (Wildman–Crippen LogP) is 4.12. The van der Waals surface area contributed by atoms with Crippen molar-refractivity contribution in [1.29, 1.82) is 0 Å². The maximum atomic E-state index is 11.1. The minimum Gasteiger partial charge on any atom is -0.347 e. The molecule has 0 aliphatic heterocycles. The summed E-state index contributed by atoms with van der Waals surface area (Å²) in [6.07, 6.45) is 3.25. The van der Waals surface area contributed by atoms with Gasteiger partial charge in [0.05, 0.1) is 10.6 Å². The molecule has 0 amide bonds. The Kier molecular flexibility index (Phi) is 3.76. The number of halogens is 1. The molecule has 0 atom stereocenters. The average molecular weight is 307 g/mol. The lowest BCUT2D eigenvalue weighted by Crippen LogP contribution is -2.16. The summed E-state index contributed by atoms with van der Waals surface area (Å²) < 4.78 is 0. The summed E-state index contributed by atoms with van der Waals surface area (Å²) in [7, 11) is 2.00. The number of hydrogen-bond donors (Lipinski definition) is 0. The van der Waals surface area contributed by atoms with E-state index in [2.05, 4.69) is 9.88 Å². The molecule has 2 aromatic rings. The summed E-state index contributed by atoms with van der Waals surface area (Å²) >= 11 is 7.37. The highest BCUT2D eigenvalue weighted by atomic mass is 35.5. The van der Waals surface area contributed by atoms with E-state index in [1.807, 2.05) is 31.3 Å². The van der Waals surface area contributed by atoms with E-state index < -0.39 is 0 Å². The number of nitrogens with zero attached hydrogens (tertiary/aromatic N) is 2. The first-order valence-electron chi connectivity index (χ1n) is 6.59. The predicted molar refractivity (Wildman–Crippen MR) is 83.0 cm³/mol. The van der Waals surface area contributed by atoms with E-state index in [9.17, 15) is 4.79 Å². The summed E-state index contributed by atoms with van der Waals surface area (Å²) in [5.74, 6) is 0.504. The molecule has 1 aliphatic rings. The number of aldehydes is 1. The largest absolute Gasteiger partial charge is 0.347 e. The fourth-order valence-corrected chi connectivity index (χ4v) is 3.21. The van der Waals surface area contributed by atoms with Crippen LogP contribution in [-0.4, -0.2) is 18.3 Å². The summed E-state index contributed by atoms with van der Waals surface area (Å²) in [6.45, 7) is 0.757. The molecular weight excluding hydrogens is 292 g/mol. The lowest BCUT2D eigenvalue weighted by atomic mass is 10.2. The van der Waals surface area contributed by atoms with Crippen molar-refractivity contribution in [3.8, 4) is 0 Å². The van der Waals surface area contributed by atoms with Crippen LogP contribution >= 0.6 is 22.9 Å². The fraction of sp³-hybridized carbons (Fsp3) is 0.333. The van der Waals surface area contributed by atoms with Crippen molar-refractivity contribution >= 4 is 34.4 Å². The Hall–Kier alpha value is -1.39. The van der Waals surface area contributed by atoms with E-state index in [1.165, 1.54) is 16.9 Å². The van der Waals surface area contributed by atoms with E-state index in [0.717, 1.165) is 46.4 Å². The van der Waals surface area contributed by atoms with Crippen LogP contribution in [0.15, 0.2) is 24.3 Å². The third-order valence-corrected chi connectivity index (χ3v) is 4.76. The Bertz CT molecular complexity index is 619. The second kappa shape index (κ2) is 5.54. The first-order chi connectivity index (χ1) is 9.67. The Morgan fingerprint density at radius 3 is 2.70 bits per heavy atom. The third kappa shape index (κ3) is 2.86. The fourth-order valence-electron chi connectivity index (χ4n) is 2.16. The van der Waals surface area contributed by atoms with Crippen molar-refractivity contribution < 1.29 is 4.79 Å². The van der Waals surface area contributed by atoms with Crippen LogP contribution in [0.2, 0.25) is 5.02 Å². The molecular formula is C15H15ClN2OS. The second-order valence-electron chi connectivity index (χ2n) is 5.12. The Balaban J connectivity index is 1.77. The van der Waals surface area contributed by atoms with Crippen LogP contribution < -0.4 is 4.90 Å². The Morgan fingerprint density at radius 2 is 2.10 bits per heavy atom. The number of carbonyl (C=O) groups is 1. The molecule has 1 aromatic carbocycles. The molecule has 5 heteroatoms. The summed E-state index contributed by atoms with van der Waals surface area (Å²) in [5, 5.41) is 1.65. The van der Waals surface area contributed by atoms with E-state index in [-0.39, 0.29) is 0 Å². The van der Waals surface area contributed by atoms with Crippen LogP contribution in [0.4, 0.5) is 5.13 Å². The standard InChI is InChI=1S/C15H15ClN2OS/c1-18(8-10-2-6-12(16)7-3-10)15-17-14(11-4-5-11)13(9-19)20-15/h2-3,6-7,9,11H,4-5,8H2,1H3. The van der Waals surface area contributed by atoms with Crippen LogP contribution in [0.5, 0.6) is 0 Å². The zero-order valence-corrected chi connectivity index (χ0v) is 12.7. The van der Waals surface area contributed by atoms with Gasteiger partial charge in [0, 0.05) is 24.5 Å². The Labute approximate surface area is 127 Å². The SMILES string of the molecule is CN(Cc1ccc(Cl)cc1)c1nc(C2CC2)c(C=O)s1.